The summed E-state index contributed by atoms with van der Waals surface area (Å²) in [7, 11) is 0. The summed E-state index contributed by atoms with van der Waals surface area (Å²) in [4.78, 5) is 17.3. The lowest BCUT2D eigenvalue weighted by Crippen LogP contribution is -2.34. The van der Waals surface area contributed by atoms with E-state index in [-0.39, 0.29) is 11.3 Å². The van der Waals surface area contributed by atoms with E-state index in [4.69, 9.17) is 0 Å². The molecule has 1 atom stereocenters. The van der Waals surface area contributed by atoms with Crippen molar-refractivity contribution in [3.05, 3.63) is 72.6 Å². The van der Waals surface area contributed by atoms with E-state index >= 15 is 0 Å². The Bertz CT molecular complexity index is 952. The second-order valence-electron chi connectivity index (χ2n) is 8.05. The van der Waals surface area contributed by atoms with E-state index in [1.54, 1.807) is 0 Å². The SMILES string of the molecule is O=C(c1ccccc1)N1CCC2(CCN(c3ccc(-c4cn[nH]c4)cc3)C2)C1. The van der Waals surface area contributed by atoms with Gasteiger partial charge in [-0.2, -0.15) is 5.10 Å². The average Bonchev–Trinajstić information content (AvgIpc) is 3.51. The van der Waals surface area contributed by atoms with Gasteiger partial charge in [0.25, 0.3) is 5.91 Å². The molecule has 0 aliphatic carbocycles. The Hall–Kier alpha value is -3.08. The van der Waals surface area contributed by atoms with Gasteiger partial charge in [0, 0.05) is 54.6 Å². The van der Waals surface area contributed by atoms with Crippen molar-refractivity contribution in [1.29, 1.82) is 0 Å². The van der Waals surface area contributed by atoms with Crippen LogP contribution >= 0.6 is 0 Å². The second kappa shape index (κ2) is 6.82. The van der Waals surface area contributed by atoms with Gasteiger partial charge in [0.15, 0.2) is 0 Å². The van der Waals surface area contributed by atoms with Gasteiger partial charge in [0.05, 0.1) is 6.20 Å². The highest BCUT2D eigenvalue weighted by atomic mass is 16.2. The van der Waals surface area contributed by atoms with Gasteiger partial charge in [0.1, 0.15) is 0 Å². The van der Waals surface area contributed by atoms with Crippen LogP contribution in [0.2, 0.25) is 0 Å². The fourth-order valence-corrected chi connectivity index (χ4v) is 4.63. The number of H-pyrrole nitrogens is 1. The molecule has 0 radical (unpaired) electrons. The van der Waals surface area contributed by atoms with Crippen molar-refractivity contribution in [2.75, 3.05) is 31.1 Å². The molecule has 142 valence electrons. The molecule has 1 amide bonds. The molecule has 2 aliphatic heterocycles. The van der Waals surface area contributed by atoms with E-state index in [0.717, 1.165) is 50.1 Å². The maximum Gasteiger partial charge on any atom is 0.253 e. The zero-order chi connectivity index (χ0) is 19.0. The zero-order valence-corrected chi connectivity index (χ0v) is 15.8. The number of likely N-dealkylation sites (tertiary alicyclic amines) is 1. The number of carbonyl (C=O) groups excluding carboxylic acids is 1. The summed E-state index contributed by atoms with van der Waals surface area (Å²) in [5.41, 5.74) is 4.57. The highest BCUT2D eigenvalue weighted by molar-refractivity contribution is 5.94. The van der Waals surface area contributed by atoms with Crippen molar-refractivity contribution in [2.45, 2.75) is 12.8 Å². The fourth-order valence-electron chi connectivity index (χ4n) is 4.63. The third-order valence-corrected chi connectivity index (χ3v) is 6.25. The normalized spacial score (nSPS) is 21.6. The van der Waals surface area contributed by atoms with Gasteiger partial charge in [-0.25, -0.2) is 0 Å². The van der Waals surface area contributed by atoms with Gasteiger partial charge in [0.2, 0.25) is 0 Å². The third kappa shape index (κ3) is 3.07. The largest absolute Gasteiger partial charge is 0.371 e. The van der Waals surface area contributed by atoms with Gasteiger partial charge >= 0.3 is 0 Å². The average molecular weight is 372 g/mol. The van der Waals surface area contributed by atoms with E-state index in [1.807, 2.05) is 47.6 Å². The van der Waals surface area contributed by atoms with Gasteiger partial charge in [-0.05, 0) is 42.7 Å². The number of carbonyl (C=O) groups is 1. The molecule has 3 aromatic rings. The summed E-state index contributed by atoms with van der Waals surface area (Å²) >= 11 is 0. The first-order valence-corrected chi connectivity index (χ1v) is 9.91. The number of amides is 1. The first-order valence-electron chi connectivity index (χ1n) is 9.91. The monoisotopic (exact) mass is 372 g/mol. The van der Waals surface area contributed by atoms with Crippen molar-refractivity contribution in [3.8, 4) is 11.1 Å². The van der Waals surface area contributed by atoms with Crippen LogP contribution in [0.1, 0.15) is 23.2 Å². The molecule has 1 unspecified atom stereocenters. The predicted octanol–water partition coefficient (Wildman–Crippen LogP) is 3.82. The van der Waals surface area contributed by atoms with Gasteiger partial charge in [-0.1, -0.05) is 30.3 Å². The molecule has 5 heteroatoms. The molecule has 2 aromatic carbocycles. The topological polar surface area (TPSA) is 52.2 Å². The third-order valence-electron chi connectivity index (χ3n) is 6.25. The molecule has 0 bridgehead atoms. The lowest BCUT2D eigenvalue weighted by molar-refractivity contribution is 0.0776. The van der Waals surface area contributed by atoms with Crippen LogP contribution in [-0.4, -0.2) is 47.2 Å². The highest BCUT2D eigenvalue weighted by Crippen LogP contribution is 2.41. The minimum absolute atomic E-state index is 0.167. The Morgan fingerprint density at radius 1 is 0.929 bits per heavy atom. The molecule has 5 nitrogen and oxygen atoms in total. The summed E-state index contributed by atoms with van der Waals surface area (Å²) in [6.07, 6.45) is 6.00. The molecule has 1 aromatic heterocycles. The van der Waals surface area contributed by atoms with Gasteiger partial charge in [-0.3, -0.25) is 9.89 Å². The molecule has 2 saturated heterocycles. The van der Waals surface area contributed by atoms with Crippen molar-refractivity contribution >= 4 is 11.6 Å². The molecule has 28 heavy (non-hydrogen) atoms. The number of benzene rings is 2. The summed E-state index contributed by atoms with van der Waals surface area (Å²) in [6.45, 7) is 3.81. The van der Waals surface area contributed by atoms with Crippen LogP contribution in [0.15, 0.2) is 67.0 Å². The smallest absolute Gasteiger partial charge is 0.253 e. The molecule has 5 rings (SSSR count). The van der Waals surface area contributed by atoms with Crippen molar-refractivity contribution in [2.24, 2.45) is 5.41 Å². The molecule has 3 heterocycles. The lowest BCUT2D eigenvalue weighted by Gasteiger charge is -2.25. The lowest BCUT2D eigenvalue weighted by atomic mass is 9.86. The quantitative estimate of drug-likeness (QED) is 0.760. The van der Waals surface area contributed by atoms with E-state index in [2.05, 4.69) is 39.4 Å². The minimum Gasteiger partial charge on any atom is -0.371 e. The molecule has 0 saturated carbocycles. The zero-order valence-electron chi connectivity index (χ0n) is 15.8. The molecule has 2 aliphatic rings. The molecule has 1 spiro atoms. The van der Waals surface area contributed by atoms with Crippen molar-refractivity contribution < 1.29 is 4.79 Å². The number of nitrogens with one attached hydrogen (secondary N) is 1. The standard InChI is InChI=1S/C23H24N4O/c28-22(19-4-2-1-3-5-19)27-13-11-23(17-27)10-12-26(16-23)21-8-6-18(7-9-21)20-14-24-25-15-20/h1-9,14-15H,10-13,16-17H2,(H,24,25). The number of nitrogens with zero attached hydrogens (tertiary/aromatic N) is 3. The Morgan fingerprint density at radius 2 is 1.71 bits per heavy atom. The summed E-state index contributed by atoms with van der Waals surface area (Å²) in [5.74, 6) is 0.167. The number of hydrogen-bond acceptors (Lipinski definition) is 3. The number of aromatic amines is 1. The Kier molecular flexibility index (Phi) is 4.15. The Labute approximate surface area is 165 Å². The summed E-state index contributed by atoms with van der Waals surface area (Å²) in [5, 5.41) is 6.89. The predicted molar refractivity (Wildman–Crippen MR) is 110 cm³/mol. The Morgan fingerprint density at radius 3 is 2.46 bits per heavy atom. The van der Waals surface area contributed by atoms with Crippen LogP contribution in [0.25, 0.3) is 11.1 Å². The summed E-state index contributed by atoms with van der Waals surface area (Å²) in [6, 6.07) is 18.4. The van der Waals surface area contributed by atoms with Crippen LogP contribution in [0, 0.1) is 5.41 Å². The Balaban J connectivity index is 1.26. The van der Waals surface area contributed by atoms with E-state index in [9.17, 15) is 4.79 Å². The highest BCUT2D eigenvalue weighted by Gasteiger charge is 2.44. The second-order valence-corrected chi connectivity index (χ2v) is 8.05. The molecule has 2 fully saturated rings. The van der Waals surface area contributed by atoms with Gasteiger partial charge < -0.3 is 9.80 Å². The van der Waals surface area contributed by atoms with Gasteiger partial charge in [-0.15, -0.1) is 0 Å². The van der Waals surface area contributed by atoms with Crippen molar-refractivity contribution in [3.63, 3.8) is 0 Å². The molecule has 1 N–H and O–H groups in total. The van der Waals surface area contributed by atoms with Crippen LogP contribution in [0.5, 0.6) is 0 Å². The van der Waals surface area contributed by atoms with Crippen LogP contribution in [0.3, 0.4) is 0 Å². The van der Waals surface area contributed by atoms with Crippen LogP contribution in [-0.2, 0) is 0 Å². The van der Waals surface area contributed by atoms with Crippen LogP contribution < -0.4 is 4.90 Å². The maximum atomic E-state index is 12.8. The van der Waals surface area contributed by atoms with Crippen LogP contribution in [0.4, 0.5) is 5.69 Å². The first-order chi connectivity index (χ1) is 13.7. The number of anilines is 1. The minimum atomic E-state index is 0.167. The number of aromatic nitrogens is 2. The first kappa shape index (κ1) is 17.0. The van der Waals surface area contributed by atoms with E-state index in [1.165, 1.54) is 11.3 Å². The maximum absolute atomic E-state index is 12.8. The van der Waals surface area contributed by atoms with Crippen molar-refractivity contribution in [1.82, 2.24) is 15.1 Å². The van der Waals surface area contributed by atoms with E-state index in [0.29, 0.717) is 0 Å². The summed E-state index contributed by atoms with van der Waals surface area (Å²) < 4.78 is 0. The number of hydrogen-bond donors (Lipinski definition) is 1. The molecular weight excluding hydrogens is 348 g/mol. The fraction of sp³-hybridized carbons (Fsp3) is 0.304. The molecular formula is C23H24N4O. The van der Waals surface area contributed by atoms with E-state index < -0.39 is 0 Å². The number of rotatable bonds is 3.